The Labute approximate surface area is 109 Å². The van der Waals surface area contributed by atoms with E-state index in [2.05, 4.69) is 18.7 Å². The second-order valence-corrected chi connectivity index (χ2v) is 5.54. The van der Waals surface area contributed by atoms with Crippen LogP contribution in [0, 0.1) is 6.92 Å². The first-order valence-electron chi connectivity index (χ1n) is 5.60. The van der Waals surface area contributed by atoms with Crippen LogP contribution in [-0.2, 0) is 0 Å². The molecule has 0 aliphatic carbocycles. The summed E-state index contributed by atoms with van der Waals surface area (Å²) in [6, 6.07) is 3.61. The molecule has 0 atom stereocenters. The molecule has 0 aromatic heterocycles. The van der Waals surface area contributed by atoms with Gasteiger partial charge >= 0.3 is 0 Å². The highest BCUT2D eigenvalue weighted by Crippen LogP contribution is 2.29. The number of likely N-dealkylation sites (N-methyl/N-ethyl adjacent to an activating group) is 1. The molecule has 2 N–H and O–H groups in total. The van der Waals surface area contributed by atoms with Crippen molar-refractivity contribution < 1.29 is 4.74 Å². The molecule has 0 fully saturated rings. The van der Waals surface area contributed by atoms with Gasteiger partial charge in [-0.25, -0.2) is 0 Å². The fourth-order valence-electron chi connectivity index (χ4n) is 1.22. The molecule has 1 aromatic rings. The van der Waals surface area contributed by atoms with E-state index in [1.807, 2.05) is 27.1 Å². The number of nitrogens with two attached hydrogens (primary N) is 1. The van der Waals surface area contributed by atoms with Crippen LogP contribution in [0.2, 0.25) is 5.02 Å². The molecule has 1 rings (SSSR count). The normalized spacial score (nSPS) is 11.9. The van der Waals surface area contributed by atoms with Gasteiger partial charge in [-0.15, -0.1) is 0 Å². The van der Waals surface area contributed by atoms with Crippen molar-refractivity contribution in [1.82, 2.24) is 4.90 Å². The van der Waals surface area contributed by atoms with E-state index in [4.69, 9.17) is 22.1 Å². The highest BCUT2D eigenvalue weighted by atomic mass is 35.5. The fraction of sp³-hybridized carbons (Fsp3) is 0.538. The lowest BCUT2D eigenvalue weighted by molar-refractivity contribution is 0.113. The SMILES string of the molecule is Cc1cc(N)c(Cl)cc1OCC(C)(C)N(C)C. The van der Waals surface area contributed by atoms with Gasteiger partial charge in [-0.1, -0.05) is 11.6 Å². The zero-order chi connectivity index (χ0) is 13.2. The Morgan fingerprint density at radius 3 is 2.47 bits per heavy atom. The van der Waals surface area contributed by atoms with Crippen LogP contribution in [0.4, 0.5) is 5.69 Å². The highest BCUT2D eigenvalue weighted by Gasteiger charge is 2.21. The summed E-state index contributed by atoms with van der Waals surface area (Å²) in [5, 5.41) is 0.535. The van der Waals surface area contributed by atoms with Gasteiger partial charge in [0.05, 0.1) is 10.7 Å². The number of rotatable bonds is 4. The van der Waals surface area contributed by atoms with E-state index >= 15 is 0 Å². The van der Waals surface area contributed by atoms with Crippen LogP contribution < -0.4 is 10.5 Å². The van der Waals surface area contributed by atoms with Crippen LogP contribution in [0.15, 0.2) is 12.1 Å². The number of hydrogen-bond donors (Lipinski definition) is 1. The lowest BCUT2D eigenvalue weighted by atomic mass is 10.1. The molecule has 17 heavy (non-hydrogen) atoms. The molecule has 0 spiro atoms. The Morgan fingerprint density at radius 2 is 1.94 bits per heavy atom. The van der Waals surface area contributed by atoms with Crippen LogP contribution in [0.3, 0.4) is 0 Å². The van der Waals surface area contributed by atoms with Crippen LogP contribution in [0.1, 0.15) is 19.4 Å². The average Bonchev–Trinajstić information content (AvgIpc) is 2.21. The second-order valence-electron chi connectivity index (χ2n) is 5.13. The van der Waals surface area contributed by atoms with E-state index in [-0.39, 0.29) is 5.54 Å². The monoisotopic (exact) mass is 256 g/mol. The average molecular weight is 257 g/mol. The summed E-state index contributed by atoms with van der Waals surface area (Å²) < 4.78 is 5.82. The highest BCUT2D eigenvalue weighted by molar-refractivity contribution is 6.33. The van der Waals surface area contributed by atoms with Crippen molar-refractivity contribution in [2.75, 3.05) is 26.4 Å². The van der Waals surface area contributed by atoms with Crippen molar-refractivity contribution in [3.63, 3.8) is 0 Å². The number of hydrogen-bond acceptors (Lipinski definition) is 3. The zero-order valence-electron chi connectivity index (χ0n) is 11.2. The molecule has 0 aliphatic heterocycles. The maximum atomic E-state index is 5.98. The molecule has 0 radical (unpaired) electrons. The third-order valence-electron chi connectivity index (χ3n) is 3.09. The third kappa shape index (κ3) is 3.51. The number of benzene rings is 1. The number of aryl methyl sites for hydroxylation is 1. The molecule has 0 amide bonds. The molecular formula is C13H21ClN2O. The molecule has 96 valence electrons. The lowest BCUT2D eigenvalue weighted by Crippen LogP contribution is -2.43. The zero-order valence-corrected chi connectivity index (χ0v) is 11.9. The fourth-order valence-corrected chi connectivity index (χ4v) is 1.38. The smallest absolute Gasteiger partial charge is 0.123 e. The maximum Gasteiger partial charge on any atom is 0.123 e. The molecule has 4 heteroatoms. The van der Waals surface area contributed by atoms with Crippen molar-refractivity contribution in [3.05, 3.63) is 22.7 Å². The Balaban J connectivity index is 2.80. The summed E-state index contributed by atoms with van der Waals surface area (Å²) in [6.45, 7) is 6.81. The summed E-state index contributed by atoms with van der Waals surface area (Å²) in [5.41, 5.74) is 7.28. The second kappa shape index (κ2) is 5.15. The van der Waals surface area contributed by atoms with Crippen molar-refractivity contribution in [2.24, 2.45) is 0 Å². The largest absolute Gasteiger partial charge is 0.491 e. The molecule has 0 unspecified atom stereocenters. The van der Waals surface area contributed by atoms with Crippen molar-refractivity contribution in [2.45, 2.75) is 26.3 Å². The number of ether oxygens (including phenoxy) is 1. The summed E-state index contributed by atoms with van der Waals surface area (Å²) >= 11 is 5.98. The summed E-state index contributed by atoms with van der Waals surface area (Å²) in [6.07, 6.45) is 0. The lowest BCUT2D eigenvalue weighted by Gasteiger charge is -2.32. The van der Waals surface area contributed by atoms with Crippen molar-refractivity contribution in [1.29, 1.82) is 0 Å². The van der Waals surface area contributed by atoms with Gasteiger partial charge in [0.25, 0.3) is 0 Å². The molecule has 0 saturated carbocycles. The predicted molar refractivity (Wildman–Crippen MR) is 73.9 cm³/mol. The third-order valence-corrected chi connectivity index (χ3v) is 3.41. The van der Waals surface area contributed by atoms with E-state index in [1.165, 1.54) is 0 Å². The summed E-state index contributed by atoms with van der Waals surface area (Å²) in [7, 11) is 4.07. The van der Waals surface area contributed by atoms with Gasteiger partial charge in [-0.05, 0) is 46.5 Å². The van der Waals surface area contributed by atoms with Gasteiger partial charge in [0, 0.05) is 11.6 Å². The quantitative estimate of drug-likeness (QED) is 0.842. The minimum absolute atomic E-state index is 0.0275. The van der Waals surface area contributed by atoms with E-state index in [0.29, 0.717) is 17.3 Å². The van der Waals surface area contributed by atoms with E-state index in [1.54, 1.807) is 6.07 Å². The first-order chi connectivity index (χ1) is 7.74. The number of nitrogens with zero attached hydrogens (tertiary/aromatic N) is 1. The molecule has 0 bridgehead atoms. The maximum absolute atomic E-state index is 5.98. The first-order valence-corrected chi connectivity index (χ1v) is 5.97. The van der Waals surface area contributed by atoms with Gasteiger partial charge in [0.15, 0.2) is 0 Å². The van der Waals surface area contributed by atoms with Crippen LogP contribution in [0.5, 0.6) is 5.75 Å². The molecular weight excluding hydrogens is 236 g/mol. The van der Waals surface area contributed by atoms with Gasteiger partial charge < -0.3 is 15.4 Å². The molecule has 0 heterocycles. The summed E-state index contributed by atoms with van der Waals surface area (Å²) in [5.74, 6) is 0.791. The van der Waals surface area contributed by atoms with E-state index in [9.17, 15) is 0 Å². The van der Waals surface area contributed by atoms with E-state index < -0.39 is 0 Å². The molecule has 1 aromatic carbocycles. The Bertz CT molecular complexity index is 403. The van der Waals surface area contributed by atoms with Crippen molar-refractivity contribution >= 4 is 17.3 Å². The Hall–Kier alpha value is -0.930. The first kappa shape index (κ1) is 14.1. The minimum Gasteiger partial charge on any atom is -0.491 e. The topological polar surface area (TPSA) is 38.5 Å². The van der Waals surface area contributed by atoms with Gasteiger partial charge in [-0.3, -0.25) is 0 Å². The van der Waals surface area contributed by atoms with Crippen LogP contribution in [0.25, 0.3) is 0 Å². The van der Waals surface area contributed by atoms with Gasteiger partial charge in [0.1, 0.15) is 12.4 Å². The summed E-state index contributed by atoms with van der Waals surface area (Å²) in [4.78, 5) is 2.13. The van der Waals surface area contributed by atoms with Gasteiger partial charge in [-0.2, -0.15) is 0 Å². The van der Waals surface area contributed by atoms with Crippen molar-refractivity contribution in [3.8, 4) is 5.75 Å². The molecule has 0 saturated heterocycles. The molecule has 0 aliphatic rings. The molecule has 3 nitrogen and oxygen atoms in total. The predicted octanol–water partition coefficient (Wildman–Crippen LogP) is 2.95. The standard InChI is InChI=1S/C13H21ClN2O/c1-9-6-11(15)10(14)7-12(9)17-8-13(2,3)16(4)5/h6-7H,8,15H2,1-5H3. The van der Waals surface area contributed by atoms with Gasteiger partial charge in [0.2, 0.25) is 0 Å². The Morgan fingerprint density at radius 1 is 1.35 bits per heavy atom. The van der Waals surface area contributed by atoms with E-state index in [0.717, 1.165) is 11.3 Å². The Kier molecular flexibility index (Phi) is 4.28. The minimum atomic E-state index is -0.0275. The number of anilines is 1. The van der Waals surface area contributed by atoms with Crippen LogP contribution in [-0.4, -0.2) is 31.1 Å². The van der Waals surface area contributed by atoms with Crippen LogP contribution >= 0.6 is 11.6 Å². The number of halogens is 1. The number of nitrogen functional groups attached to an aromatic ring is 1.